The third-order valence-corrected chi connectivity index (χ3v) is 5.85. The van der Waals surface area contributed by atoms with Gasteiger partial charge in [-0.1, -0.05) is 66.7 Å². The Morgan fingerprint density at radius 2 is 1.64 bits per heavy atom. The first-order valence-corrected chi connectivity index (χ1v) is 11.5. The summed E-state index contributed by atoms with van der Waals surface area (Å²) in [4.78, 5) is 27.9. The van der Waals surface area contributed by atoms with Crippen LogP contribution in [0.3, 0.4) is 0 Å². The Morgan fingerprint density at radius 3 is 2.36 bits per heavy atom. The highest BCUT2D eigenvalue weighted by molar-refractivity contribution is 6.14. The molecule has 6 heteroatoms. The molecule has 36 heavy (non-hydrogen) atoms. The van der Waals surface area contributed by atoms with E-state index in [1.54, 1.807) is 42.5 Å². The molecule has 1 aliphatic rings. The van der Waals surface area contributed by atoms with Crippen LogP contribution in [-0.2, 0) is 16.1 Å². The number of benzene rings is 3. The molecule has 0 aliphatic carbocycles. The Labute approximate surface area is 208 Å². The van der Waals surface area contributed by atoms with Crippen molar-refractivity contribution in [2.24, 2.45) is 0 Å². The van der Waals surface area contributed by atoms with E-state index in [0.717, 1.165) is 5.56 Å². The van der Waals surface area contributed by atoms with Crippen molar-refractivity contribution in [1.29, 1.82) is 0 Å². The van der Waals surface area contributed by atoms with Gasteiger partial charge in [-0.2, -0.15) is 0 Å². The molecular weight excluding hydrogens is 454 g/mol. The Morgan fingerprint density at radius 1 is 0.917 bits per heavy atom. The van der Waals surface area contributed by atoms with E-state index < -0.39 is 23.5 Å². The topological polar surface area (TPSA) is 80.0 Å². The molecule has 6 nitrogen and oxygen atoms in total. The lowest BCUT2D eigenvalue weighted by Gasteiger charge is -2.26. The number of amides is 1. The highest BCUT2D eigenvalue weighted by Gasteiger charge is 2.43. The molecule has 1 atom stereocenters. The fourth-order valence-corrected chi connectivity index (χ4v) is 4.18. The number of rotatable bonds is 8. The number of carbonyl (C=O) groups is 2. The lowest BCUT2D eigenvalue weighted by molar-refractivity contribution is -0.130. The largest absolute Gasteiger partial charge is 0.503 e. The Balaban J connectivity index is 1.52. The van der Waals surface area contributed by atoms with Crippen LogP contribution in [0.15, 0.2) is 125 Å². The van der Waals surface area contributed by atoms with Crippen LogP contribution >= 0.6 is 0 Å². The summed E-state index contributed by atoms with van der Waals surface area (Å²) in [5.74, 6) is 0.0791. The summed E-state index contributed by atoms with van der Waals surface area (Å²) in [6.07, 6.45) is 4.55. The molecule has 3 aromatic carbocycles. The second-order valence-electron chi connectivity index (χ2n) is 8.27. The lowest BCUT2D eigenvalue weighted by Crippen LogP contribution is -2.30. The predicted molar refractivity (Wildman–Crippen MR) is 135 cm³/mol. The van der Waals surface area contributed by atoms with Crippen molar-refractivity contribution in [2.75, 3.05) is 0 Å². The lowest BCUT2D eigenvalue weighted by atomic mass is 9.95. The summed E-state index contributed by atoms with van der Waals surface area (Å²) in [5.41, 5.74) is 1.47. The normalized spacial score (nSPS) is 15.6. The smallest absolute Gasteiger partial charge is 0.290 e. The summed E-state index contributed by atoms with van der Waals surface area (Å²) in [6.45, 7) is 0.0868. The molecule has 1 aliphatic heterocycles. The number of para-hydroxylation sites is 1. The molecule has 0 saturated carbocycles. The third kappa shape index (κ3) is 4.83. The highest BCUT2D eigenvalue weighted by Crippen LogP contribution is 2.40. The van der Waals surface area contributed by atoms with Crippen LogP contribution in [0.2, 0.25) is 0 Å². The number of ketones is 1. The maximum Gasteiger partial charge on any atom is 0.290 e. The number of nitrogens with zero attached hydrogens (tertiary/aromatic N) is 1. The number of allylic oxidation sites excluding steroid dienone is 1. The number of hydrogen-bond donors (Lipinski definition) is 1. The van der Waals surface area contributed by atoms with Crippen molar-refractivity contribution in [1.82, 2.24) is 4.90 Å². The zero-order valence-corrected chi connectivity index (χ0v) is 19.3. The van der Waals surface area contributed by atoms with Gasteiger partial charge in [0.05, 0.1) is 24.4 Å². The van der Waals surface area contributed by atoms with Gasteiger partial charge < -0.3 is 19.2 Å². The molecule has 178 valence electrons. The maximum atomic E-state index is 13.3. The summed E-state index contributed by atoms with van der Waals surface area (Å²) in [5, 5.41) is 10.8. The van der Waals surface area contributed by atoms with E-state index in [4.69, 9.17) is 9.15 Å². The maximum absolute atomic E-state index is 13.3. The number of aliphatic hydroxyl groups is 1. The van der Waals surface area contributed by atoms with E-state index in [1.807, 2.05) is 60.7 Å². The minimum absolute atomic E-state index is 0.00981. The van der Waals surface area contributed by atoms with E-state index in [1.165, 1.54) is 17.2 Å². The van der Waals surface area contributed by atoms with Gasteiger partial charge >= 0.3 is 0 Å². The van der Waals surface area contributed by atoms with Crippen LogP contribution in [0, 0.1) is 0 Å². The van der Waals surface area contributed by atoms with Crippen LogP contribution in [-0.4, -0.2) is 21.7 Å². The van der Waals surface area contributed by atoms with Gasteiger partial charge in [0.15, 0.2) is 11.5 Å². The van der Waals surface area contributed by atoms with Crippen LogP contribution in [0.5, 0.6) is 11.5 Å². The molecule has 0 bridgehead atoms. The fourth-order valence-electron chi connectivity index (χ4n) is 4.18. The van der Waals surface area contributed by atoms with Crippen molar-refractivity contribution >= 4 is 17.8 Å². The van der Waals surface area contributed by atoms with Crippen LogP contribution < -0.4 is 4.74 Å². The van der Waals surface area contributed by atoms with Crippen molar-refractivity contribution in [3.8, 4) is 11.5 Å². The van der Waals surface area contributed by atoms with Gasteiger partial charge in [-0.3, -0.25) is 9.59 Å². The van der Waals surface area contributed by atoms with Gasteiger partial charge in [0, 0.05) is 0 Å². The van der Waals surface area contributed by atoms with Gasteiger partial charge in [-0.05, 0) is 53.6 Å². The molecule has 1 aromatic heterocycles. The molecule has 2 heterocycles. The number of aliphatic hydroxyl groups excluding tert-OH is 1. The van der Waals surface area contributed by atoms with Crippen molar-refractivity contribution in [3.05, 3.63) is 138 Å². The van der Waals surface area contributed by atoms with Crippen LogP contribution in [0.4, 0.5) is 0 Å². The molecule has 1 unspecified atom stereocenters. The van der Waals surface area contributed by atoms with Gasteiger partial charge in [0.1, 0.15) is 17.3 Å². The first-order chi connectivity index (χ1) is 17.6. The number of carbonyl (C=O) groups excluding carboxylic acids is 2. The first-order valence-electron chi connectivity index (χ1n) is 11.5. The van der Waals surface area contributed by atoms with Gasteiger partial charge in [0.25, 0.3) is 5.91 Å². The van der Waals surface area contributed by atoms with Gasteiger partial charge in [-0.25, -0.2) is 0 Å². The third-order valence-electron chi connectivity index (χ3n) is 5.85. The second-order valence-corrected chi connectivity index (χ2v) is 8.27. The number of ether oxygens (including phenoxy) is 1. The summed E-state index contributed by atoms with van der Waals surface area (Å²) >= 11 is 0. The molecular formula is C30H23NO5. The molecule has 0 spiro atoms. The highest BCUT2D eigenvalue weighted by atomic mass is 16.5. The molecule has 1 N–H and O–H groups in total. The van der Waals surface area contributed by atoms with Crippen LogP contribution in [0.1, 0.15) is 22.9 Å². The summed E-state index contributed by atoms with van der Waals surface area (Å²) < 4.78 is 11.4. The van der Waals surface area contributed by atoms with E-state index in [2.05, 4.69) is 0 Å². The molecule has 0 saturated heterocycles. The van der Waals surface area contributed by atoms with E-state index in [9.17, 15) is 14.7 Å². The van der Waals surface area contributed by atoms with E-state index in [-0.39, 0.29) is 12.1 Å². The fraction of sp³-hybridized carbons (Fsp3) is 0.0667. The summed E-state index contributed by atoms with van der Waals surface area (Å²) in [7, 11) is 0. The Bertz CT molecular complexity index is 1420. The molecule has 0 radical (unpaired) electrons. The molecule has 0 fully saturated rings. The number of furan rings is 1. The molecule has 5 rings (SSSR count). The summed E-state index contributed by atoms with van der Waals surface area (Å²) in [6, 6.07) is 28.5. The van der Waals surface area contributed by atoms with Crippen molar-refractivity contribution in [3.63, 3.8) is 0 Å². The number of hydrogen-bond acceptors (Lipinski definition) is 5. The molecule has 4 aromatic rings. The second kappa shape index (κ2) is 10.2. The van der Waals surface area contributed by atoms with Crippen molar-refractivity contribution in [2.45, 2.75) is 12.6 Å². The standard InChI is InChI=1S/C30H23NO5/c32-26(17-16-21-9-3-1-4-10-21)27-28(31(30(34)29(27)33)20-25-15-8-18-35-25)22-11-7-14-24(19-22)36-23-12-5-2-6-13-23/h1-19,28,33H,20H2/b17-16+. The van der Waals surface area contributed by atoms with Gasteiger partial charge in [-0.15, -0.1) is 0 Å². The van der Waals surface area contributed by atoms with Crippen LogP contribution in [0.25, 0.3) is 6.08 Å². The van der Waals surface area contributed by atoms with Crippen molar-refractivity contribution < 1.29 is 23.8 Å². The monoisotopic (exact) mass is 477 g/mol. The Kier molecular flexibility index (Phi) is 6.49. The van der Waals surface area contributed by atoms with E-state index in [0.29, 0.717) is 22.8 Å². The quantitative estimate of drug-likeness (QED) is 0.304. The minimum atomic E-state index is -0.824. The minimum Gasteiger partial charge on any atom is -0.503 e. The SMILES string of the molecule is O=C(/C=C/c1ccccc1)C1=C(O)C(=O)N(Cc2ccco2)C1c1cccc(Oc2ccccc2)c1. The molecule has 1 amide bonds. The zero-order chi connectivity index (χ0) is 24.9. The first kappa shape index (κ1) is 22.9. The van der Waals surface area contributed by atoms with E-state index >= 15 is 0 Å². The Hall–Kier alpha value is -4.84. The average molecular weight is 478 g/mol. The average Bonchev–Trinajstić information content (AvgIpc) is 3.51. The predicted octanol–water partition coefficient (Wildman–Crippen LogP) is 6.25. The zero-order valence-electron chi connectivity index (χ0n) is 19.3. The van der Waals surface area contributed by atoms with Gasteiger partial charge in [0.2, 0.25) is 0 Å².